The van der Waals surface area contributed by atoms with Crippen molar-refractivity contribution in [3.63, 3.8) is 0 Å². The number of benzene rings is 2. The Labute approximate surface area is 266 Å². The monoisotopic (exact) mass is 641 g/mol. The van der Waals surface area contributed by atoms with Crippen LogP contribution >= 0.6 is 0 Å². The normalized spacial score (nSPS) is 23.4. The van der Waals surface area contributed by atoms with Crippen LogP contribution in [0, 0.1) is 11.8 Å². The van der Waals surface area contributed by atoms with Crippen LogP contribution in [0.4, 0.5) is 18.0 Å². The van der Waals surface area contributed by atoms with Gasteiger partial charge in [-0.15, -0.1) is 0 Å². The van der Waals surface area contributed by atoms with Gasteiger partial charge in [0.2, 0.25) is 11.8 Å². The number of amides is 4. The molecule has 0 bridgehead atoms. The highest BCUT2D eigenvalue weighted by molar-refractivity contribution is 5.92. The van der Waals surface area contributed by atoms with E-state index in [0.29, 0.717) is 12.8 Å². The summed E-state index contributed by atoms with van der Waals surface area (Å²) >= 11 is 0. The number of rotatable bonds is 10. The fraction of sp³-hybridized carbons (Fsp3) is 0.500. The number of alkyl halides is 3. The molecule has 1 aliphatic carbocycles. The molecule has 0 spiro atoms. The molecule has 2 aromatic rings. The highest BCUT2D eigenvalue weighted by Crippen LogP contribution is 2.45. The lowest BCUT2D eigenvalue weighted by molar-refractivity contribution is -0.219. The van der Waals surface area contributed by atoms with Gasteiger partial charge in [-0.3, -0.25) is 19.4 Å². The number of likely N-dealkylation sites (tertiary alicyclic amines) is 1. The molecule has 248 valence electrons. The number of hydrogen-bond acceptors (Lipinski definition) is 5. The van der Waals surface area contributed by atoms with E-state index in [4.69, 9.17) is 5.73 Å². The van der Waals surface area contributed by atoms with E-state index in [2.05, 4.69) is 10.6 Å². The molecule has 0 unspecified atom stereocenters. The van der Waals surface area contributed by atoms with Crippen molar-refractivity contribution in [3.8, 4) is 0 Å². The number of fused-ring (bicyclic) bond motifs is 2. The number of piperidine rings is 1. The molecule has 9 nitrogen and oxygen atoms in total. The van der Waals surface area contributed by atoms with E-state index in [1.807, 2.05) is 36.4 Å². The summed E-state index contributed by atoms with van der Waals surface area (Å²) in [6.07, 6.45) is 0.866. The summed E-state index contributed by atoms with van der Waals surface area (Å²) < 4.78 is 43.4. The molecular formula is C34H42F3N5O4. The second kappa shape index (κ2) is 14.7. The summed E-state index contributed by atoms with van der Waals surface area (Å²) in [6, 6.07) is 11.8. The molecule has 3 aliphatic rings. The smallest absolute Gasteiger partial charge is 0.390 e. The molecule has 0 radical (unpaired) electrons. The van der Waals surface area contributed by atoms with Gasteiger partial charge in [-0.1, -0.05) is 79.9 Å². The van der Waals surface area contributed by atoms with Crippen LogP contribution in [0.1, 0.15) is 44.1 Å². The zero-order valence-corrected chi connectivity index (χ0v) is 25.7. The number of primary amides is 1. The van der Waals surface area contributed by atoms with E-state index in [1.165, 1.54) is 9.80 Å². The quantitative estimate of drug-likeness (QED) is 0.316. The second-order valence-electron chi connectivity index (χ2n) is 12.6. The first-order chi connectivity index (χ1) is 22.0. The van der Waals surface area contributed by atoms with Crippen LogP contribution in [0.25, 0.3) is 12.3 Å². The van der Waals surface area contributed by atoms with Gasteiger partial charge < -0.3 is 21.5 Å². The Morgan fingerprint density at radius 3 is 2.37 bits per heavy atom. The molecule has 4 amide bonds. The zero-order valence-electron chi connectivity index (χ0n) is 25.7. The van der Waals surface area contributed by atoms with Crippen molar-refractivity contribution in [1.82, 2.24) is 20.4 Å². The van der Waals surface area contributed by atoms with E-state index in [0.717, 1.165) is 35.3 Å². The van der Waals surface area contributed by atoms with E-state index in [-0.39, 0.29) is 32.0 Å². The molecule has 5 rings (SSSR count). The van der Waals surface area contributed by atoms with Crippen LogP contribution in [0.3, 0.4) is 0 Å². The average Bonchev–Trinajstić information content (AvgIpc) is 3.03. The molecule has 5 N–H and O–H groups in total. The van der Waals surface area contributed by atoms with Crippen molar-refractivity contribution >= 4 is 30.1 Å². The zero-order chi connectivity index (χ0) is 32.8. The van der Waals surface area contributed by atoms with Gasteiger partial charge in [-0.05, 0) is 53.6 Å². The van der Waals surface area contributed by atoms with E-state index >= 15 is 0 Å². The van der Waals surface area contributed by atoms with Crippen LogP contribution in [0.15, 0.2) is 54.6 Å². The number of halogens is 3. The van der Waals surface area contributed by atoms with Crippen LogP contribution < -0.4 is 26.8 Å². The summed E-state index contributed by atoms with van der Waals surface area (Å²) in [5.74, 6) is -2.12. The highest BCUT2D eigenvalue weighted by Gasteiger charge is 2.53. The lowest BCUT2D eigenvalue weighted by atomic mass is 9.70. The van der Waals surface area contributed by atoms with Crippen molar-refractivity contribution in [3.05, 3.63) is 70.6 Å². The third-order valence-corrected chi connectivity index (χ3v) is 9.48. The Bertz CT molecular complexity index is 1500. The number of hydrogen-bond donors (Lipinski definition) is 4. The fourth-order valence-corrected chi connectivity index (χ4v) is 7.22. The number of β-amino-alcohol motifs (C(OH)–C–C–N with tert-alkyl or cyclic N) is 1. The second-order valence-corrected chi connectivity index (χ2v) is 12.6. The maximum atomic E-state index is 14.5. The molecule has 12 heteroatoms. The van der Waals surface area contributed by atoms with Crippen molar-refractivity contribution < 1.29 is 32.7 Å². The summed E-state index contributed by atoms with van der Waals surface area (Å²) in [5, 5.41) is 18.6. The molecule has 0 aromatic heterocycles. The number of aliphatic hydroxyl groups excluding tert-OH is 1. The summed E-state index contributed by atoms with van der Waals surface area (Å²) in [7, 11) is 0. The topological polar surface area (TPSA) is 128 Å². The van der Waals surface area contributed by atoms with E-state index in [1.54, 1.807) is 30.5 Å². The lowest BCUT2D eigenvalue weighted by Crippen LogP contribution is -2.61. The molecule has 2 heterocycles. The minimum atomic E-state index is -4.46. The molecule has 6 atom stereocenters. The van der Waals surface area contributed by atoms with Gasteiger partial charge in [0.05, 0.1) is 18.6 Å². The Balaban J connectivity index is 1.33. The third-order valence-electron chi connectivity index (χ3n) is 9.48. The van der Waals surface area contributed by atoms with Gasteiger partial charge in [-0.2, -0.15) is 13.2 Å². The first kappa shape index (κ1) is 33.5. The van der Waals surface area contributed by atoms with Gasteiger partial charge in [0.15, 0.2) is 0 Å². The highest BCUT2D eigenvalue weighted by atomic mass is 19.4. The predicted octanol–water partition coefficient (Wildman–Crippen LogP) is 2.01. The van der Waals surface area contributed by atoms with Gasteiger partial charge in [0.25, 0.3) is 0 Å². The molecule has 1 saturated heterocycles. The average molecular weight is 642 g/mol. The minimum absolute atomic E-state index is 0.00924. The SMILES string of the molecule is NC(=O)C[C@H](NC(=O)N1C=c2ccccc2=CC1)C(=O)N[C@@H](Cc1ccccc1)[C@H](O)CN1CC[C@@H]2CCCC[C@@H]2[C@@H]1C(F)(F)F. The summed E-state index contributed by atoms with van der Waals surface area (Å²) in [5.41, 5.74) is 6.18. The van der Waals surface area contributed by atoms with Crippen molar-refractivity contribution in [2.45, 2.75) is 75.4 Å². The predicted molar refractivity (Wildman–Crippen MR) is 167 cm³/mol. The van der Waals surface area contributed by atoms with Crippen LogP contribution in [0.2, 0.25) is 0 Å². The number of aliphatic hydroxyl groups is 1. The maximum absolute atomic E-state index is 14.5. The first-order valence-corrected chi connectivity index (χ1v) is 15.9. The van der Waals surface area contributed by atoms with Gasteiger partial charge >= 0.3 is 12.2 Å². The number of carbonyl (C=O) groups excluding carboxylic acids is 3. The van der Waals surface area contributed by atoms with E-state index < -0.39 is 60.6 Å². The number of carbonyl (C=O) groups is 3. The minimum Gasteiger partial charge on any atom is -0.390 e. The van der Waals surface area contributed by atoms with Crippen LogP contribution in [-0.4, -0.2) is 82.8 Å². The Hall–Kier alpha value is -3.90. The number of nitrogens with one attached hydrogen (secondary N) is 2. The van der Waals surface area contributed by atoms with Crippen molar-refractivity contribution in [1.29, 1.82) is 0 Å². The summed E-state index contributed by atoms with van der Waals surface area (Å²) in [4.78, 5) is 41.5. The Morgan fingerprint density at radius 2 is 1.65 bits per heavy atom. The molecule has 2 fully saturated rings. The Morgan fingerprint density at radius 1 is 0.957 bits per heavy atom. The van der Waals surface area contributed by atoms with Gasteiger partial charge in [0.1, 0.15) is 12.1 Å². The number of nitrogens with two attached hydrogens (primary N) is 1. The van der Waals surface area contributed by atoms with Crippen molar-refractivity contribution in [2.75, 3.05) is 19.6 Å². The summed E-state index contributed by atoms with van der Waals surface area (Å²) in [6.45, 7) is 0.137. The third kappa shape index (κ3) is 8.27. The number of nitrogens with zero attached hydrogens (tertiary/aromatic N) is 2. The molecular weight excluding hydrogens is 599 g/mol. The van der Waals surface area contributed by atoms with Crippen molar-refractivity contribution in [2.24, 2.45) is 17.6 Å². The van der Waals surface area contributed by atoms with Gasteiger partial charge in [-0.25, -0.2) is 4.79 Å². The lowest BCUT2D eigenvalue weighted by Gasteiger charge is -2.49. The maximum Gasteiger partial charge on any atom is 0.404 e. The van der Waals surface area contributed by atoms with E-state index in [9.17, 15) is 32.7 Å². The first-order valence-electron chi connectivity index (χ1n) is 15.9. The van der Waals surface area contributed by atoms with Crippen LogP contribution in [-0.2, 0) is 16.0 Å². The fourth-order valence-electron chi connectivity index (χ4n) is 7.22. The molecule has 1 saturated carbocycles. The molecule has 46 heavy (non-hydrogen) atoms. The Kier molecular flexibility index (Phi) is 10.7. The van der Waals surface area contributed by atoms with Gasteiger partial charge in [0, 0.05) is 19.3 Å². The standard InChI is InChI=1S/C34H42F3N5O4/c35-34(36,37)31-26-13-7-6-11-24(26)15-16-41(31)21-29(43)27(18-22-8-2-1-3-9-22)39-32(45)28(19-30(38)44)40-33(46)42-17-14-23-10-4-5-12-25(23)20-42/h1-5,8-10,12,14,20,24,26-29,31,43H,6-7,11,13,15-19,21H2,(H2,38,44)(H,39,45)(H,40,46)/t24-,26-,27-,28-,29+,31+/m0/s1. The largest absolute Gasteiger partial charge is 0.404 e. The van der Waals surface area contributed by atoms with Crippen LogP contribution in [0.5, 0.6) is 0 Å². The number of urea groups is 1. The molecule has 2 aromatic carbocycles. The molecule has 2 aliphatic heterocycles.